The van der Waals surface area contributed by atoms with E-state index in [9.17, 15) is 4.79 Å². The van der Waals surface area contributed by atoms with Crippen LogP contribution in [0.2, 0.25) is 0 Å². The molecule has 1 N–H and O–H groups in total. The smallest absolute Gasteiger partial charge is 0.187 e. The Hall–Kier alpha value is -3.13. The summed E-state index contributed by atoms with van der Waals surface area (Å²) in [5.74, 6) is -0.0168. The number of rotatable bonds is 5. The van der Waals surface area contributed by atoms with Crippen LogP contribution >= 0.6 is 0 Å². The summed E-state index contributed by atoms with van der Waals surface area (Å²) < 4.78 is 0. The van der Waals surface area contributed by atoms with E-state index in [2.05, 4.69) is 30.4 Å². The molecule has 2 nitrogen and oxygen atoms in total. The molecule has 0 saturated carbocycles. The molecule has 0 aliphatic heterocycles. The number of nitrogens with one attached hydrogen (secondary N) is 1. The van der Waals surface area contributed by atoms with Crippen molar-refractivity contribution in [2.75, 3.05) is 5.32 Å². The number of hydrogen-bond acceptors (Lipinski definition) is 2. The highest BCUT2D eigenvalue weighted by atomic mass is 16.1. The first-order chi connectivity index (χ1) is 12.1. The molecule has 0 aromatic heterocycles. The fourth-order valence-corrected chi connectivity index (χ4v) is 2.74. The minimum absolute atomic E-state index is 0.0168. The number of anilines is 1. The molecule has 3 aromatic carbocycles. The maximum Gasteiger partial charge on any atom is 0.187 e. The second-order valence-electron chi connectivity index (χ2n) is 6.10. The lowest BCUT2D eigenvalue weighted by Crippen LogP contribution is -1.97. The molecule has 0 aliphatic rings. The Labute approximate surface area is 148 Å². The molecule has 0 aliphatic carbocycles. The summed E-state index contributed by atoms with van der Waals surface area (Å²) in [6.07, 6.45) is 3.27. The van der Waals surface area contributed by atoms with Crippen molar-refractivity contribution >= 4 is 11.5 Å². The van der Waals surface area contributed by atoms with Gasteiger partial charge in [-0.1, -0.05) is 72.3 Å². The van der Waals surface area contributed by atoms with Gasteiger partial charge in [0.25, 0.3) is 0 Å². The van der Waals surface area contributed by atoms with Crippen LogP contribution in [0.5, 0.6) is 0 Å². The Morgan fingerprint density at radius 3 is 2.20 bits per heavy atom. The molecule has 124 valence electrons. The highest BCUT2D eigenvalue weighted by Crippen LogP contribution is 2.20. The van der Waals surface area contributed by atoms with E-state index < -0.39 is 0 Å². The number of carbonyl (C=O) groups excluding carboxylic acids is 1. The van der Waals surface area contributed by atoms with Crippen molar-refractivity contribution in [3.63, 3.8) is 0 Å². The van der Waals surface area contributed by atoms with Crippen LogP contribution in [0.15, 0.2) is 85.1 Å². The van der Waals surface area contributed by atoms with Gasteiger partial charge in [-0.05, 0) is 36.6 Å². The zero-order valence-corrected chi connectivity index (χ0v) is 14.5. The molecular formula is C23H21NO. The van der Waals surface area contributed by atoms with E-state index in [1.165, 1.54) is 5.56 Å². The lowest BCUT2D eigenvalue weighted by Gasteiger charge is -2.06. The summed E-state index contributed by atoms with van der Waals surface area (Å²) in [6, 6.07) is 24.0. The van der Waals surface area contributed by atoms with Gasteiger partial charge in [-0.2, -0.15) is 0 Å². The number of allylic oxidation sites excluding steroid dienone is 1. The van der Waals surface area contributed by atoms with Crippen molar-refractivity contribution in [3.8, 4) is 11.1 Å². The number of aryl methyl sites for hydroxylation is 2. The Morgan fingerprint density at radius 1 is 0.840 bits per heavy atom. The first-order valence-corrected chi connectivity index (χ1v) is 8.33. The average Bonchev–Trinajstić information content (AvgIpc) is 2.64. The molecular weight excluding hydrogens is 306 g/mol. The predicted octanol–water partition coefficient (Wildman–Crippen LogP) is 5.78. The first-order valence-electron chi connectivity index (χ1n) is 8.33. The topological polar surface area (TPSA) is 29.1 Å². The third-order valence-corrected chi connectivity index (χ3v) is 4.13. The second-order valence-corrected chi connectivity index (χ2v) is 6.10. The highest BCUT2D eigenvalue weighted by Gasteiger charge is 2.03. The Morgan fingerprint density at radius 2 is 1.52 bits per heavy atom. The molecule has 0 fully saturated rings. The van der Waals surface area contributed by atoms with Crippen LogP contribution in [0, 0.1) is 13.8 Å². The van der Waals surface area contributed by atoms with E-state index in [-0.39, 0.29) is 5.78 Å². The fourth-order valence-electron chi connectivity index (χ4n) is 2.74. The van der Waals surface area contributed by atoms with Crippen LogP contribution in [0.3, 0.4) is 0 Å². The molecule has 2 heteroatoms. The molecule has 0 saturated heterocycles. The predicted molar refractivity (Wildman–Crippen MR) is 105 cm³/mol. The standard InChI is InChI=1S/C23H21NO/c1-17-8-13-22(18(2)16-17)24-15-14-23(25)21-11-9-20(10-12-21)19-6-4-3-5-7-19/h3-16,24H,1-2H3/b15-14+. The van der Waals surface area contributed by atoms with Crippen LogP contribution in [-0.4, -0.2) is 5.78 Å². The Bertz CT molecular complexity index is 893. The summed E-state index contributed by atoms with van der Waals surface area (Å²) in [4.78, 5) is 12.3. The molecule has 3 aromatic rings. The SMILES string of the molecule is Cc1ccc(N/C=C/C(=O)c2ccc(-c3ccccc3)cc2)c(C)c1. The molecule has 25 heavy (non-hydrogen) atoms. The van der Waals surface area contributed by atoms with Crippen molar-refractivity contribution < 1.29 is 4.79 Å². The third-order valence-electron chi connectivity index (χ3n) is 4.13. The maximum atomic E-state index is 12.3. The summed E-state index contributed by atoms with van der Waals surface area (Å²) in [7, 11) is 0. The minimum Gasteiger partial charge on any atom is -0.361 e. The van der Waals surface area contributed by atoms with E-state index in [1.807, 2.05) is 61.5 Å². The van der Waals surface area contributed by atoms with Gasteiger partial charge in [-0.3, -0.25) is 4.79 Å². The number of ketones is 1. The molecule has 0 radical (unpaired) electrons. The van der Waals surface area contributed by atoms with E-state index in [0.717, 1.165) is 22.4 Å². The van der Waals surface area contributed by atoms with Gasteiger partial charge < -0.3 is 5.32 Å². The average molecular weight is 327 g/mol. The van der Waals surface area contributed by atoms with E-state index >= 15 is 0 Å². The number of carbonyl (C=O) groups is 1. The van der Waals surface area contributed by atoms with E-state index in [4.69, 9.17) is 0 Å². The highest BCUT2D eigenvalue weighted by molar-refractivity contribution is 6.04. The van der Waals surface area contributed by atoms with Crippen LogP contribution < -0.4 is 5.32 Å². The van der Waals surface area contributed by atoms with Crippen LogP contribution in [0.25, 0.3) is 11.1 Å². The lowest BCUT2D eigenvalue weighted by molar-refractivity contribution is 0.104. The summed E-state index contributed by atoms with van der Waals surface area (Å²) in [5, 5.41) is 3.18. The van der Waals surface area contributed by atoms with Crippen LogP contribution in [0.1, 0.15) is 21.5 Å². The van der Waals surface area contributed by atoms with E-state index in [1.54, 1.807) is 12.3 Å². The number of hydrogen-bond donors (Lipinski definition) is 1. The number of benzene rings is 3. The third kappa shape index (κ3) is 4.24. The largest absolute Gasteiger partial charge is 0.361 e. The zero-order chi connectivity index (χ0) is 17.6. The van der Waals surface area contributed by atoms with Gasteiger partial charge in [0.05, 0.1) is 0 Å². The van der Waals surface area contributed by atoms with Gasteiger partial charge in [0.1, 0.15) is 0 Å². The quantitative estimate of drug-likeness (QED) is 0.475. The monoisotopic (exact) mass is 327 g/mol. The first kappa shape index (κ1) is 16.7. The van der Waals surface area contributed by atoms with Crippen molar-refractivity contribution in [3.05, 3.63) is 102 Å². The van der Waals surface area contributed by atoms with Gasteiger partial charge >= 0.3 is 0 Å². The van der Waals surface area contributed by atoms with Gasteiger partial charge in [0.2, 0.25) is 0 Å². The second kappa shape index (κ2) is 7.63. The molecule has 0 heterocycles. The van der Waals surface area contributed by atoms with Gasteiger partial charge in [-0.25, -0.2) is 0 Å². The normalized spacial score (nSPS) is 10.8. The molecule has 0 atom stereocenters. The van der Waals surface area contributed by atoms with Crippen LogP contribution in [-0.2, 0) is 0 Å². The Balaban J connectivity index is 1.67. The molecule has 0 spiro atoms. The lowest BCUT2D eigenvalue weighted by atomic mass is 10.0. The summed E-state index contributed by atoms with van der Waals surface area (Å²) >= 11 is 0. The molecule has 3 rings (SSSR count). The van der Waals surface area contributed by atoms with Gasteiger partial charge in [-0.15, -0.1) is 0 Å². The minimum atomic E-state index is -0.0168. The maximum absolute atomic E-state index is 12.3. The van der Waals surface area contributed by atoms with Crippen molar-refractivity contribution in [2.24, 2.45) is 0 Å². The van der Waals surface area contributed by atoms with Gasteiger partial charge in [0, 0.05) is 23.5 Å². The van der Waals surface area contributed by atoms with E-state index in [0.29, 0.717) is 5.56 Å². The van der Waals surface area contributed by atoms with Crippen molar-refractivity contribution in [1.82, 2.24) is 0 Å². The molecule has 0 unspecified atom stereocenters. The zero-order valence-electron chi connectivity index (χ0n) is 14.5. The molecule has 0 bridgehead atoms. The van der Waals surface area contributed by atoms with Crippen LogP contribution in [0.4, 0.5) is 5.69 Å². The Kier molecular flexibility index (Phi) is 5.10. The van der Waals surface area contributed by atoms with Crippen molar-refractivity contribution in [2.45, 2.75) is 13.8 Å². The van der Waals surface area contributed by atoms with Gasteiger partial charge in [0.15, 0.2) is 5.78 Å². The molecule has 0 amide bonds. The summed E-state index contributed by atoms with van der Waals surface area (Å²) in [5.41, 5.74) is 6.32. The fraction of sp³-hybridized carbons (Fsp3) is 0.0870. The summed E-state index contributed by atoms with van der Waals surface area (Å²) in [6.45, 7) is 4.11. The van der Waals surface area contributed by atoms with Crippen molar-refractivity contribution in [1.29, 1.82) is 0 Å².